The van der Waals surface area contributed by atoms with E-state index >= 15 is 0 Å². The van der Waals surface area contributed by atoms with E-state index in [9.17, 15) is 0 Å². The van der Waals surface area contributed by atoms with Crippen LogP contribution in [0.25, 0.3) is 0 Å². The molecule has 0 spiro atoms. The Morgan fingerprint density at radius 2 is 1.56 bits per heavy atom. The number of hydrogen-bond donors (Lipinski definition) is 0. The second-order valence-corrected chi connectivity index (χ2v) is 1.53. The van der Waals surface area contributed by atoms with Gasteiger partial charge in [-0.1, -0.05) is 13.8 Å². The second kappa shape index (κ2) is 11.8. The van der Waals surface area contributed by atoms with Gasteiger partial charge in [0, 0.05) is 0 Å². The molecule has 0 aliphatic heterocycles. The summed E-state index contributed by atoms with van der Waals surface area (Å²) < 4.78 is 0. The zero-order chi connectivity index (χ0) is 5.70. The Bertz CT molecular complexity index is 34.5. The van der Waals surface area contributed by atoms with Gasteiger partial charge < -0.3 is 24.2 Å². The third-order valence-corrected chi connectivity index (χ3v) is 1.21. The summed E-state index contributed by atoms with van der Waals surface area (Å²) in [6.07, 6.45) is 0. The average molecular weight is 160 g/mol. The first-order valence-corrected chi connectivity index (χ1v) is 2.86. The Hall–Kier alpha value is 1.02. The van der Waals surface area contributed by atoms with Crippen molar-refractivity contribution in [2.75, 3.05) is 19.6 Å². The van der Waals surface area contributed by atoms with Crippen LogP contribution in [0.5, 0.6) is 0 Å². The van der Waals surface area contributed by atoms with Crippen LogP contribution in [-0.4, -0.2) is 47.6 Å². The zero-order valence-electron chi connectivity index (χ0n) is 6.36. The number of hydrogen-bond acceptors (Lipinski definition) is 1. The molecule has 0 aromatic rings. The Balaban J connectivity index is -0.000000180. The molecule has 0 amide bonds. The van der Waals surface area contributed by atoms with Crippen molar-refractivity contribution in [1.29, 1.82) is 0 Å². The van der Waals surface area contributed by atoms with Gasteiger partial charge in [-0.3, -0.25) is 0 Å². The van der Waals surface area contributed by atoms with E-state index in [4.69, 9.17) is 0 Å². The largest absolute Gasteiger partial charge is 2.00 e. The summed E-state index contributed by atoms with van der Waals surface area (Å²) >= 11 is 0. The fourth-order valence-electron chi connectivity index (χ4n) is 0.540. The van der Waals surface area contributed by atoms with Gasteiger partial charge in [0.25, 0.3) is 0 Å². The van der Waals surface area contributed by atoms with Crippen molar-refractivity contribution >= 4 is 23.1 Å². The van der Waals surface area contributed by atoms with Crippen molar-refractivity contribution in [1.82, 2.24) is 4.90 Å². The molecule has 52 valence electrons. The smallest absolute Gasteiger partial charge is 1.00 e. The van der Waals surface area contributed by atoms with E-state index in [1.54, 1.807) is 0 Å². The standard InChI is InChI=1S/C6H14N.ClH.Mg/c1-4-7(5-2)6-3;;/h1,4-6H2,2-3H3;1H;/q-1;;+2/p-1. The maximum atomic E-state index is 3.75. The van der Waals surface area contributed by atoms with E-state index in [1.165, 1.54) is 0 Å². The maximum absolute atomic E-state index is 3.75. The molecule has 0 saturated heterocycles. The molecule has 0 rings (SSSR count). The molecular formula is C6H14ClMgN. The van der Waals surface area contributed by atoms with E-state index < -0.39 is 0 Å². The van der Waals surface area contributed by atoms with Crippen molar-refractivity contribution in [3.63, 3.8) is 0 Å². The first kappa shape index (κ1) is 16.5. The van der Waals surface area contributed by atoms with Gasteiger partial charge in [-0.05, 0) is 13.1 Å². The SMILES string of the molecule is [CH2-]CN(CC)CC.[Cl-].[Mg+2]. The predicted octanol–water partition coefficient (Wildman–Crippen LogP) is -2.21. The van der Waals surface area contributed by atoms with Gasteiger partial charge in [-0.25, -0.2) is 0 Å². The topological polar surface area (TPSA) is 3.24 Å². The summed E-state index contributed by atoms with van der Waals surface area (Å²) in [7, 11) is 0. The van der Waals surface area contributed by atoms with Crippen LogP contribution in [-0.2, 0) is 0 Å². The second-order valence-electron chi connectivity index (χ2n) is 1.53. The molecular weight excluding hydrogens is 146 g/mol. The van der Waals surface area contributed by atoms with Crippen molar-refractivity contribution in [3.05, 3.63) is 6.92 Å². The van der Waals surface area contributed by atoms with Gasteiger partial charge in [0.15, 0.2) is 0 Å². The molecule has 0 fully saturated rings. The molecule has 0 atom stereocenters. The van der Waals surface area contributed by atoms with E-state index in [-0.39, 0.29) is 35.5 Å². The van der Waals surface area contributed by atoms with E-state index in [2.05, 4.69) is 25.7 Å². The van der Waals surface area contributed by atoms with Crippen LogP contribution in [0.3, 0.4) is 0 Å². The zero-order valence-corrected chi connectivity index (χ0v) is 8.53. The molecule has 0 N–H and O–H groups in total. The third kappa shape index (κ3) is 9.02. The van der Waals surface area contributed by atoms with Crippen molar-refractivity contribution in [3.8, 4) is 0 Å². The van der Waals surface area contributed by atoms with Crippen molar-refractivity contribution in [2.24, 2.45) is 0 Å². The van der Waals surface area contributed by atoms with Crippen LogP contribution in [0.4, 0.5) is 0 Å². The predicted molar refractivity (Wildman–Crippen MR) is 38.9 cm³/mol. The first-order valence-electron chi connectivity index (χ1n) is 2.86. The minimum absolute atomic E-state index is 0. The molecule has 0 bridgehead atoms. The molecule has 0 aromatic carbocycles. The van der Waals surface area contributed by atoms with Crippen LogP contribution in [0.2, 0.25) is 0 Å². The fraction of sp³-hybridized carbons (Fsp3) is 0.833. The van der Waals surface area contributed by atoms with Gasteiger partial charge in [0.2, 0.25) is 0 Å². The summed E-state index contributed by atoms with van der Waals surface area (Å²) in [4.78, 5) is 2.26. The number of rotatable bonds is 3. The Labute approximate surface area is 80.7 Å². The molecule has 3 heteroatoms. The van der Waals surface area contributed by atoms with Crippen molar-refractivity contribution < 1.29 is 12.4 Å². The quantitative estimate of drug-likeness (QED) is 0.334. The van der Waals surface area contributed by atoms with Gasteiger partial charge >= 0.3 is 23.1 Å². The minimum atomic E-state index is 0. The van der Waals surface area contributed by atoms with Crippen LogP contribution in [0.1, 0.15) is 13.8 Å². The Kier molecular flexibility index (Phi) is 21.6. The molecule has 0 aromatic heterocycles. The maximum Gasteiger partial charge on any atom is 2.00 e. The third-order valence-electron chi connectivity index (χ3n) is 1.21. The Morgan fingerprint density at radius 3 is 1.56 bits per heavy atom. The van der Waals surface area contributed by atoms with Crippen LogP contribution >= 0.6 is 0 Å². The monoisotopic (exact) mass is 159 g/mol. The molecule has 0 saturated carbocycles. The van der Waals surface area contributed by atoms with E-state index in [0.29, 0.717) is 0 Å². The van der Waals surface area contributed by atoms with Gasteiger partial charge in [0.05, 0.1) is 0 Å². The molecule has 0 radical (unpaired) electrons. The van der Waals surface area contributed by atoms with Gasteiger partial charge in [0.1, 0.15) is 0 Å². The number of halogens is 1. The summed E-state index contributed by atoms with van der Waals surface area (Å²) in [5.41, 5.74) is 0. The first-order chi connectivity index (χ1) is 3.35. The molecule has 0 aliphatic rings. The summed E-state index contributed by atoms with van der Waals surface area (Å²) in [5.74, 6) is 0. The van der Waals surface area contributed by atoms with Crippen molar-refractivity contribution in [2.45, 2.75) is 13.8 Å². The molecule has 9 heavy (non-hydrogen) atoms. The summed E-state index contributed by atoms with van der Waals surface area (Å²) in [5, 5.41) is 0. The minimum Gasteiger partial charge on any atom is -1.00 e. The average Bonchev–Trinajstić information content (AvgIpc) is 1.72. The van der Waals surface area contributed by atoms with E-state index in [1.807, 2.05) is 0 Å². The van der Waals surface area contributed by atoms with Gasteiger partial charge in [-0.2, -0.15) is 0 Å². The van der Waals surface area contributed by atoms with Crippen LogP contribution in [0.15, 0.2) is 0 Å². The molecule has 0 heterocycles. The normalized spacial score (nSPS) is 8.00. The fourth-order valence-corrected chi connectivity index (χ4v) is 0.540. The number of nitrogens with zero attached hydrogens (tertiary/aromatic N) is 1. The van der Waals surface area contributed by atoms with Gasteiger partial charge in [-0.15, -0.1) is 6.54 Å². The molecule has 1 nitrogen and oxygen atoms in total. The summed E-state index contributed by atoms with van der Waals surface area (Å²) in [6, 6.07) is 0. The summed E-state index contributed by atoms with van der Waals surface area (Å²) in [6.45, 7) is 11.2. The van der Waals surface area contributed by atoms with Crippen LogP contribution in [0, 0.1) is 6.92 Å². The van der Waals surface area contributed by atoms with E-state index in [0.717, 1.165) is 19.6 Å². The van der Waals surface area contributed by atoms with Crippen LogP contribution < -0.4 is 12.4 Å². The molecule has 0 aliphatic carbocycles. The molecule has 0 unspecified atom stereocenters. The Morgan fingerprint density at radius 1 is 1.22 bits per heavy atom.